The van der Waals surface area contributed by atoms with E-state index in [1.807, 2.05) is 20.0 Å². The van der Waals surface area contributed by atoms with Gasteiger partial charge in [-0.05, 0) is 39.1 Å². The van der Waals surface area contributed by atoms with Crippen LogP contribution in [0.15, 0.2) is 18.2 Å². The van der Waals surface area contributed by atoms with Crippen LogP contribution in [0.2, 0.25) is 10.0 Å². The Morgan fingerprint density at radius 2 is 2.06 bits per heavy atom. The number of hydrogen-bond donors (Lipinski definition) is 1. The average Bonchev–Trinajstić information content (AvgIpc) is 2.73. The van der Waals surface area contributed by atoms with Gasteiger partial charge in [0.1, 0.15) is 5.01 Å². The van der Waals surface area contributed by atoms with Gasteiger partial charge in [-0.1, -0.05) is 23.2 Å². The first-order valence-corrected chi connectivity index (χ1v) is 7.20. The Balaban J connectivity index is 2.49. The number of hydrogen-bond acceptors (Lipinski definition) is 3. The molecule has 1 N–H and O–H groups in total. The molecule has 1 heterocycles. The number of aryl methyl sites for hydroxylation is 1. The van der Waals surface area contributed by atoms with Gasteiger partial charge in [-0.25, -0.2) is 4.98 Å². The van der Waals surface area contributed by atoms with Crippen LogP contribution in [0, 0.1) is 6.92 Å². The lowest BCUT2D eigenvalue weighted by molar-refractivity contribution is 0.658. The monoisotopic (exact) mass is 300 g/mol. The molecule has 0 fully saturated rings. The lowest BCUT2D eigenvalue weighted by Gasteiger charge is -2.07. The fourth-order valence-corrected chi connectivity index (χ4v) is 3.31. The van der Waals surface area contributed by atoms with E-state index in [1.165, 1.54) is 4.88 Å². The first-order chi connectivity index (χ1) is 8.52. The van der Waals surface area contributed by atoms with E-state index in [9.17, 15) is 0 Å². The summed E-state index contributed by atoms with van der Waals surface area (Å²) in [6, 6.07) is 5.73. The Morgan fingerprint density at radius 3 is 2.72 bits per heavy atom. The van der Waals surface area contributed by atoms with Crippen molar-refractivity contribution in [3.8, 4) is 10.6 Å². The molecule has 2 rings (SSSR count). The van der Waals surface area contributed by atoms with Gasteiger partial charge in [-0.15, -0.1) is 11.3 Å². The van der Waals surface area contributed by atoms with Crippen molar-refractivity contribution in [2.24, 2.45) is 0 Å². The van der Waals surface area contributed by atoms with Crippen LogP contribution in [0.5, 0.6) is 0 Å². The SMILES string of the molecule is CNC(C)c1sc(-c2cc(Cl)ccc2Cl)nc1C. The van der Waals surface area contributed by atoms with E-state index in [0.29, 0.717) is 10.0 Å². The summed E-state index contributed by atoms with van der Waals surface area (Å²) in [7, 11) is 1.94. The van der Waals surface area contributed by atoms with Gasteiger partial charge >= 0.3 is 0 Å². The standard InChI is InChI=1S/C13H14Cl2N2S/c1-7(16-3)12-8(2)17-13(18-12)10-6-9(14)4-5-11(10)15/h4-7,16H,1-3H3. The highest BCUT2D eigenvalue weighted by atomic mass is 35.5. The highest BCUT2D eigenvalue weighted by Gasteiger charge is 2.15. The minimum Gasteiger partial charge on any atom is -0.312 e. The van der Waals surface area contributed by atoms with Gasteiger partial charge in [-0.2, -0.15) is 0 Å². The number of aromatic nitrogens is 1. The summed E-state index contributed by atoms with van der Waals surface area (Å²) in [4.78, 5) is 5.81. The van der Waals surface area contributed by atoms with Gasteiger partial charge in [0.05, 0.1) is 10.7 Å². The smallest absolute Gasteiger partial charge is 0.125 e. The summed E-state index contributed by atoms with van der Waals surface area (Å²) >= 11 is 13.9. The highest BCUT2D eigenvalue weighted by Crippen LogP contribution is 2.36. The molecule has 2 aromatic rings. The minimum atomic E-state index is 0.286. The van der Waals surface area contributed by atoms with Gasteiger partial charge in [0.15, 0.2) is 0 Å². The number of nitrogens with one attached hydrogen (secondary N) is 1. The van der Waals surface area contributed by atoms with Crippen LogP contribution in [0.4, 0.5) is 0 Å². The fourth-order valence-electron chi connectivity index (χ4n) is 1.72. The number of rotatable bonds is 3. The molecule has 0 amide bonds. The molecule has 0 aliphatic heterocycles. The molecule has 1 aromatic carbocycles. The zero-order chi connectivity index (χ0) is 13.3. The molecule has 0 aliphatic rings. The van der Waals surface area contributed by atoms with Gasteiger partial charge in [0.25, 0.3) is 0 Å². The van der Waals surface area contributed by atoms with Crippen molar-refractivity contribution in [3.63, 3.8) is 0 Å². The van der Waals surface area contributed by atoms with E-state index in [2.05, 4.69) is 17.2 Å². The summed E-state index contributed by atoms with van der Waals surface area (Å²) in [5.41, 5.74) is 1.93. The first kappa shape index (κ1) is 13.8. The van der Waals surface area contributed by atoms with E-state index in [-0.39, 0.29) is 6.04 Å². The molecule has 0 aliphatic carbocycles. The fraction of sp³-hybridized carbons (Fsp3) is 0.308. The molecule has 0 bridgehead atoms. The van der Waals surface area contributed by atoms with Crippen molar-refractivity contribution in [1.82, 2.24) is 10.3 Å². The molecule has 96 valence electrons. The zero-order valence-corrected chi connectivity index (χ0v) is 12.7. The molecule has 5 heteroatoms. The van der Waals surface area contributed by atoms with Gasteiger partial charge < -0.3 is 5.32 Å². The molecule has 1 atom stereocenters. The Bertz CT molecular complexity index is 566. The quantitative estimate of drug-likeness (QED) is 0.888. The molecule has 2 nitrogen and oxygen atoms in total. The van der Waals surface area contributed by atoms with E-state index < -0.39 is 0 Å². The van der Waals surface area contributed by atoms with Gasteiger partial charge in [0, 0.05) is 21.5 Å². The number of nitrogens with zero attached hydrogens (tertiary/aromatic N) is 1. The summed E-state index contributed by atoms with van der Waals surface area (Å²) in [5, 5.41) is 5.49. The Kier molecular flexibility index (Phi) is 4.28. The second-order valence-corrected chi connectivity index (χ2v) is 5.98. The number of thiazole rings is 1. The second-order valence-electron chi connectivity index (χ2n) is 4.10. The van der Waals surface area contributed by atoms with Crippen LogP contribution in [-0.2, 0) is 0 Å². The van der Waals surface area contributed by atoms with Crippen molar-refractivity contribution < 1.29 is 0 Å². The Morgan fingerprint density at radius 1 is 1.33 bits per heavy atom. The molecular formula is C13H14Cl2N2S. The predicted molar refractivity (Wildman–Crippen MR) is 79.8 cm³/mol. The maximum atomic E-state index is 6.20. The molecule has 0 saturated heterocycles. The Hall–Kier alpha value is -0.610. The molecule has 1 aromatic heterocycles. The van der Waals surface area contributed by atoms with Crippen LogP contribution in [0.25, 0.3) is 10.6 Å². The normalized spacial score (nSPS) is 12.7. The van der Waals surface area contributed by atoms with Crippen molar-refractivity contribution in [2.45, 2.75) is 19.9 Å². The Labute approximate surface area is 121 Å². The summed E-state index contributed by atoms with van der Waals surface area (Å²) in [5.74, 6) is 0. The average molecular weight is 301 g/mol. The predicted octanol–water partition coefficient (Wildman–Crippen LogP) is 4.71. The number of halogens is 2. The van der Waals surface area contributed by atoms with Crippen molar-refractivity contribution in [3.05, 3.63) is 38.8 Å². The van der Waals surface area contributed by atoms with Crippen LogP contribution in [0.3, 0.4) is 0 Å². The van der Waals surface area contributed by atoms with Crippen LogP contribution < -0.4 is 5.32 Å². The molecule has 1 unspecified atom stereocenters. The first-order valence-electron chi connectivity index (χ1n) is 5.63. The van der Waals surface area contributed by atoms with Crippen molar-refractivity contribution in [2.75, 3.05) is 7.05 Å². The second kappa shape index (κ2) is 5.57. The molecular weight excluding hydrogens is 287 g/mol. The van der Waals surface area contributed by atoms with Crippen LogP contribution >= 0.6 is 34.5 Å². The maximum absolute atomic E-state index is 6.20. The van der Waals surface area contributed by atoms with Gasteiger partial charge in [0.2, 0.25) is 0 Å². The summed E-state index contributed by atoms with van der Waals surface area (Å²) in [6.07, 6.45) is 0. The lowest BCUT2D eigenvalue weighted by atomic mass is 10.2. The van der Waals surface area contributed by atoms with Crippen LogP contribution in [-0.4, -0.2) is 12.0 Å². The third kappa shape index (κ3) is 2.69. The molecule has 0 radical (unpaired) electrons. The van der Waals surface area contributed by atoms with E-state index in [0.717, 1.165) is 16.3 Å². The van der Waals surface area contributed by atoms with E-state index in [4.69, 9.17) is 23.2 Å². The van der Waals surface area contributed by atoms with Gasteiger partial charge in [-0.3, -0.25) is 0 Å². The molecule has 18 heavy (non-hydrogen) atoms. The topological polar surface area (TPSA) is 24.9 Å². The largest absolute Gasteiger partial charge is 0.312 e. The third-order valence-corrected chi connectivity index (χ3v) is 4.76. The summed E-state index contributed by atoms with van der Waals surface area (Å²) < 4.78 is 0. The molecule has 0 spiro atoms. The third-order valence-electron chi connectivity index (χ3n) is 2.82. The number of benzene rings is 1. The minimum absolute atomic E-state index is 0.286. The highest BCUT2D eigenvalue weighted by molar-refractivity contribution is 7.15. The van der Waals surface area contributed by atoms with Crippen LogP contribution in [0.1, 0.15) is 23.5 Å². The van der Waals surface area contributed by atoms with E-state index in [1.54, 1.807) is 23.5 Å². The van der Waals surface area contributed by atoms with Crippen molar-refractivity contribution >= 4 is 34.5 Å². The van der Waals surface area contributed by atoms with Crippen molar-refractivity contribution in [1.29, 1.82) is 0 Å². The van der Waals surface area contributed by atoms with E-state index >= 15 is 0 Å². The molecule has 0 saturated carbocycles. The summed E-state index contributed by atoms with van der Waals surface area (Å²) in [6.45, 7) is 4.13. The zero-order valence-electron chi connectivity index (χ0n) is 10.4. The maximum Gasteiger partial charge on any atom is 0.125 e. The lowest BCUT2D eigenvalue weighted by Crippen LogP contribution is -2.11.